The smallest absolute Gasteiger partial charge is 0.222 e. The number of amides is 1. The van der Waals surface area contributed by atoms with E-state index in [1.54, 1.807) is 7.11 Å². The summed E-state index contributed by atoms with van der Waals surface area (Å²) in [5, 5.41) is 0. The number of aromatic nitrogens is 1. The third-order valence-corrected chi connectivity index (χ3v) is 7.55. The number of para-hydroxylation sites is 1. The van der Waals surface area contributed by atoms with Crippen molar-refractivity contribution in [1.82, 2.24) is 14.8 Å². The van der Waals surface area contributed by atoms with E-state index in [9.17, 15) is 4.79 Å². The van der Waals surface area contributed by atoms with E-state index in [2.05, 4.69) is 39.0 Å². The summed E-state index contributed by atoms with van der Waals surface area (Å²) in [5.41, 5.74) is 2.36. The lowest BCUT2D eigenvalue weighted by Crippen LogP contribution is -2.46. The molecule has 7 heteroatoms. The molecule has 0 atom stereocenters. The van der Waals surface area contributed by atoms with Crippen LogP contribution >= 0.6 is 0 Å². The van der Waals surface area contributed by atoms with E-state index < -0.39 is 0 Å². The van der Waals surface area contributed by atoms with Crippen LogP contribution in [0.2, 0.25) is 0 Å². The van der Waals surface area contributed by atoms with Gasteiger partial charge in [-0.25, -0.2) is 4.98 Å². The zero-order valence-corrected chi connectivity index (χ0v) is 22.3. The SMILES string of the molecule is COc1ccccc1CCC(=O)N1CCC(Oc2cccc(CN3CCN(c4ccccn4)CC3)c2)CC1. The number of benzene rings is 2. The summed E-state index contributed by atoms with van der Waals surface area (Å²) in [5.74, 6) is 3.04. The van der Waals surface area contributed by atoms with Crippen LogP contribution in [-0.4, -0.2) is 73.2 Å². The van der Waals surface area contributed by atoms with Gasteiger partial charge in [0.15, 0.2) is 0 Å². The highest BCUT2D eigenvalue weighted by Gasteiger charge is 2.24. The summed E-state index contributed by atoms with van der Waals surface area (Å²) in [4.78, 5) is 24.1. The summed E-state index contributed by atoms with van der Waals surface area (Å²) in [6.45, 7) is 6.43. The summed E-state index contributed by atoms with van der Waals surface area (Å²) in [6.07, 6.45) is 4.93. The molecule has 0 unspecified atom stereocenters. The fourth-order valence-corrected chi connectivity index (χ4v) is 5.38. The minimum absolute atomic E-state index is 0.144. The number of nitrogens with zero attached hydrogens (tertiary/aromatic N) is 4. The van der Waals surface area contributed by atoms with Gasteiger partial charge in [-0.1, -0.05) is 36.4 Å². The molecule has 0 spiro atoms. The van der Waals surface area contributed by atoms with Gasteiger partial charge in [0.2, 0.25) is 5.91 Å². The average molecular weight is 515 g/mol. The third kappa shape index (κ3) is 6.84. The Bertz CT molecular complexity index is 1170. The van der Waals surface area contributed by atoms with Gasteiger partial charge >= 0.3 is 0 Å². The fraction of sp³-hybridized carbons (Fsp3) is 0.419. The number of ether oxygens (including phenoxy) is 2. The number of carbonyl (C=O) groups excluding carboxylic acids is 1. The number of piperidine rings is 1. The molecule has 2 aliphatic heterocycles. The van der Waals surface area contributed by atoms with Crippen molar-refractivity contribution in [2.24, 2.45) is 0 Å². The van der Waals surface area contributed by atoms with Gasteiger partial charge in [0.25, 0.3) is 0 Å². The molecule has 0 aliphatic carbocycles. The van der Waals surface area contributed by atoms with Crippen LogP contribution in [0.1, 0.15) is 30.4 Å². The molecule has 200 valence electrons. The molecule has 2 aromatic carbocycles. The van der Waals surface area contributed by atoms with Crippen molar-refractivity contribution in [1.29, 1.82) is 0 Å². The van der Waals surface area contributed by atoms with Crippen molar-refractivity contribution >= 4 is 11.7 Å². The average Bonchev–Trinajstić information content (AvgIpc) is 2.97. The zero-order chi connectivity index (χ0) is 26.2. The van der Waals surface area contributed by atoms with E-state index in [4.69, 9.17) is 9.47 Å². The van der Waals surface area contributed by atoms with Crippen LogP contribution < -0.4 is 14.4 Å². The molecular weight excluding hydrogens is 476 g/mol. The van der Waals surface area contributed by atoms with E-state index in [0.29, 0.717) is 12.8 Å². The normalized spacial score (nSPS) is 16.9. The van der Waals surface area contributed by atoms with Crippen molar-refractivity contribution < 1.29 is 14.3 Å². The van der Waals surface area contributed by atoms with Gasteiger partial charge in [-0.3, -0.25) is 9.69 Å². The number of anilines is 1. The lowest BCUT2D eigenvalue weighted by atomic mass is 10.0. The number of piperazine rings is 1. The first-order valence-electron chi connectivity index (χ1n) is 13.7. The fourth-order valence-electron chi connectivity index (χ4n) is 5.38. The molecule has 2 fully saturated rings. The quantitative estimate of drug-likeness (QED) is 0.422. The van der Waals surface area contributed by atoms with Crippen LogP contribution in [0, 0.1) is 0 Å². The van der Waals surface area contributed by atoms with E-state index in [0.717, 1.165) is 81.5 Å². The second kappa shape index (κ2) is 12.8. The predicted octanol–water partition coefficient (Wildman–Crippen LogP) is 4.42. The van der Waals surface area contributed by atoms with Gasteiger partial charge in [-0.05, 0) is 47.9 Å². The molecule has 2 saturated heterocycles. The van der Waals surface area contributed by atoms with Crippen LogP contribution in [-0.2, 0) is 17.8 Å². The molecule has 0 N–H and O–H groups in total. The van der Waals surface area contributed by atoms with Crippen molar-refractivity contribution in [3.8, 4) is 11.5 Å². The molecule has 0 radical (unpaired) electrons. The molecule has 7 nitrogen and oxygen atoms in total. The first-order chi connectivity index (χ1) is 18.7. The maximum atomic E-state index is 12.8. The topological polar surface area (TPSA) is 58.1 Å². The maximum Gasteiger partial charge on any atom is 0.222 e. The van der Waals surface area contributed by atoms with Crippen LogP contribution in [0.4, 0.5) is 5.82 Å². The minimum atomic E-state index is 0.144. The van der Waals surface area contributed by atoms with Crippen molar-refractivity contribution in [2.45, 2.75) is 38.3 Å². The number of methoxy groups -OCH3 is 1. The van der Waals surface area contributed by atoms with Gasteiger partial charge in [0.1, 0.15) is 23.4 Å². The van der Waals surface area contributed by atoms with Crippen LogP contribution in [0.3, 0.4) is 0 Å². The second-order valence-electron chi connectivity index (χ2n) is 10.1. The van der Waals surface area contributed by atoms with Crippen LogP contribution in [0.5, 0.6) is 11.5 Å². The largest absolute Gasteiger partial charge is 0.496 e. The van der Waals surface area contributed by atoms with Crippen molar-refractivity contribution in [2.75, 3.05) is 51.3 Å². The Labute approximate surface area is 226 Å². The Morgan fingerprint density at radius 3 is 2.47 bits per heavy atom. The summed E-state index contributed by atoms with van der Waals surface area (Å²) in [7, 11) is 1.67. The second-order valence-corrected chi connectivity index (χ2v) is 10.1. The minimum Gasteiger partial charge on any atom is -0.496 e. The summed E-state index contributed by atoms with van der Waals surface area (Å²) < 4.78 is 11.8. The molecule has 2 aliphatic rings. The maximum absolute atomic E-state index is 12.8. The third-order valence-electron chi connectivity index (χ3n) is 7.55. The molecule has 1 amide bonds. The Morgan fingerprint density at radius 2 is 1.71 bits per heavy atom. The van der Waals surface area contributed by atoms with Gasteiger partial charge in [-0.2, -0.15) is 0 Å². The van der Waals surface area contributed by atoms with Crippen molar-refractivity contribution in [3.05, 3.63) is 84.1 Å². The zero-order valence-electron chi connectivity index (χ0n) is 22.3. The lowest BCUT2D eigenvalue weighted by molar-refractivity contribution is -0.132. The number of hydrogen-bond acceptors (Lipinski definition) is 6. The highest BCUT2D eigenvalue weighted by molar-refractivity contribution is 5.76. The van der Waals surface area contributed by atoms with Gasteiger partial charge in [-0.15, -0.1) is 0 Å². The van der Waals surface area contributed by atoms with Crippen LogP contribution in [0.25, 0.3) is 0 Å². The monoisotopic (exact) mass is 514 g/mol. The van der Waals surface area contributed by atoms with Gasteiger partial charge in [0.05, 0.1) is 7.11 Å². The molecule has 5 rings (SSSR count). The van der Waals surface area contributed by atoms with E-state index in [1.165, 1.54) is 5.56 Å². The highest BCUT2D eigenvalue weighted by atomic mass is 16.5. The molecule has 1 aromatic heterocycles. The molecule has 0 bridgehead atoms. The number of pyridine rings is 1. The summed E-state index contributed by atoms with van der Waals surface area (Å²) >= 11 is 0. The summed E-state index contributed by atoms with van der Waals surface area (Å²) in [6, 6.07) is 22.5. The molecular formula is C31H38N4O3. The molecule has 3 heterocycles. The van der Waals surface area contributed by atoms with E-state index in [1.807, 2.05) is 53.6 Å². The van der Waals surface area contributed by atoms with E-state index in [-0.39, 0.29) is 12.0 Å². The van der Waals surface area contributed by atoms with Crippen LogP contribution in [0.15, 0.2) is 72.9 Å². The predicted molar refractivity (Wildman–Crippen MR) is 150 cm³/mol. The van der Waals surface area contributed by atoms with E-state index >= 15 is 0 Å². The number of likely N-dealkylation sites (tertiary alicyclic amines) is 1. The first-order valence-corrected chi connectivity index (χ1v) is 13.7. The number of carbonyl (C=O) groups is 1. The van der Waals surface area contributed by atoms with Gasteiger partial charge < -0.3 is 19.3 Å². The van der Waals surface area contributed by atoms with Gasteiger partial charge in [0, 0.05) is 71.3 Å². The molecule has 38 heavy (non-hydrogen) atoms. The Kier molecular flexibility index (Phi) is 8.76. The number of hydrogen-bond donors (Lipinski definition) is 0. The lowest BCUT2D eigenvalue weighted by Gasteiger charge is -2.35. The molecule has 0 saturated carbocycles. The number of rotatable bonds is 9. The molecule has 3 aromatic rings. The first kappa shape index (κ1) is 26.0. The standard InChI is InChI=1S/C31H38N4O3/c1-37-29-10-3-2-8-26(29)12-13-31(36)35-17-14-27(15-18-35)38-28-9-6-7-25(23-28)24-33-19-21-34(22-20-33)30-11-4-5-16-32-30/h2-11,16,23,27H,12-15,17-22,24H2,1H3. The Hall–Kier alpha value is -3.58. The highest BCUT2D eigenvalue weighted by Crippen LogP contribution is 2.23. The van der Waals surface area contributed by atoms with Crippen molar-refractivity contribution in [3.63, 3.8) is 0 Å². The number of aryl methyl sites for hydroxylation is 1. The Balaban J connectivity index is 1.05. The Morgan fingerprint density at radius 1 is 0.921 bits per heavy atom.